The number of amides is 3. The highest BCUT2D eigenvalue weighted by Crippen LogP contribution is 2.27. The van der Waals surface area contributed by atoms with E-state index < -0.39 is 64.0 Å². The Balaban J connectivity index is 2.21. The molecule has 2 aromatic carbocycles. The highest BCUT2D eigenvalue weighted by atomic mass is 32.2. The van der Waals surface area contributed by atoms with Crippen LogP contribution < -0.4 is 25.4 Å². The lowest BCUT2D eigenvalue weighted by atomic mass is 10.2. The Morgan fingerprint density at radius 3 is 1.69 bits per heavy atom. The van der Waals surface area contributed by atoms with Crippen molar-refractivity contribution in [3.63, 3.8) is 0 Å². The van der Waals surface area contributed by atoms with Crippen molar-refractivity contribution >= 4 is 82.0 Å². The molecule has 3 N–H and O–H groups in total. The molecule has 0 saturated heterocycles. The average molecular weight is 722 g/mol. The van der Waals surface area contributed by atoms with Crippen LogP contribution in [0.1, 0.15) is 48.4 Å². The van der Waals surface area contributed by atoms with Crippen LogP contribution in [0.3, 0.4) is 0 Å². The quantitative estimate of drug-likeness (QED) is 0.112. The summed E-state index contributed by atoms with van der Waals surface area (Å²) in [6.45, 7) is 5.30. The number of thiol groups is 1. The summed E-state index contributed by atoms with van der Waals surface area (Å²) in [5, 5.41) is 6.22. The molecule has 3 unspecified atom stereocenters. The monoisotopic (exact) mass is 721 g/mol. The van der Waals surface area contributed by atoms with E-state index in [0.717, 1.165) is 0 Å². The van der Waals surface area contributed by atoms with Crippen LogP contribution in [0.25, 0.3) is 0 Å². The maximum Gasteiger partial charge on any atom is 0.347 e. The number of esters is 3. The lowest BCUT2D eigenvalue weighted by Gasteiger charge is -2.19. The Bertz CT molecular complexity index is 1540. The maximum absolute atomic E-state index is 13.3. The number of nitrogens with one attached hydrogen (secondary N) is 3. The van der Waals surface area contributed by atoms with Gasteiger partial charge in [-0.2, -0.15) is 12.6 Å². The van der Waals surface area contributed by atoms with Crippen molar-refractivity contribution < 1.29 is 52.6 Å². The van der Waals surface area contributed by atoms with Gasteiger partial charge in [-0.1, -0.05) is 47.8 Å². The summed E-state index contributed by atoms with van der Waals surface area (Å²) in [6, 6.07) is 8.11. The highest BCUT2D eigenvalue weighted by Gasteiger charge is 2.28. The molecule has 0 radical (unpaired) electrons. The van der Waals surface area contributed by atoms with Crippen LogP contribution in [-0.2, 0) is 33.5 Å². The number of carbonyl (C=O) groups excluding carboxylic acids is 8. The van der Waals surface area contributed by atoms with Gasteiger partial charge < -0.3 is 30.2 Å². The lowest BCUT2D eigenvalue weighted by molar-refractivity contribution is -0.146. The first-order chi connectivity index (χ1) is 22.8. The number of hydrogen-bond acceptors (Lipinski definition) is 14. The first kappa shape index (κ1) is 39.8. The van der Waals surface area contributed by atoms with Crippen molar-refractivity contribution in [1.29, 1.82) is 0 Å². The molecule has 0 saturated carbocycles. The SMILES string of the molecule is CCOC(=O)C(CSC(=O)c1ccccc1OC(=O)c1ccccc1OC(=O)C(CSC(=O)C(CS)NC(C)=O)NC(C)=O)NC(C)=O. The highest BCUT2D eigenvalue weighted by molar-refractivity contribution is 8.14. The van der Waals surface area contributed by atoms with Gasteiger partial charge in [-0.25, -0.2) is 14.4 Å². The summed E-state index contributed by atoms with van der Waals surface area (Å²) in [6.07, 6.45) is 0. The van der Waals surface area contributed by atoms with Crippen molar-refractivity contribution in [1.82, 2.24) is 16.0 Å². The number of ether oxygens (including phenoxy) is 3. The molecule has 0 bridgehead atoms. The minimum Gasteiger partial charge on any atom is -0.464 e. The smallest absolute Gasteiger partial charge is 0.347 e. The largest absolute Gasteiger partial charge is 0.464 e. The summed E-state index contributed by atoms with van der Waals surface area (Å²) < 4.78 is 15.9. The Morgan fingerprint density at radius 2 is 1.15 bits per heavy atom. The fourth-order valence-corrected chi connectivity index (χ4v) is 5.92. The molecule has 258 valence electrons. The zero-order valence-electron chi connectivity index (χ0n) is 26.4. The summed E-state index contributed by atoms with van der Waals surface area (Å²) in [5.41, 5.74) is -0.207. The van der Waals surface area contributed by atoms with E-state index in [0.29, 0.717) is 23.5 Å². The maximum atomic E-state index is 13.3. The minimum atomic E-state index is -1.32. The number of para-hydroxylation sites is 2. The molecule has 0 heterocycles. The third-order valence-corrected chi connectivity index (χ3v) is 8.27. The van der Waals surface area contributed by atoms with Crippen LogP contribution in [-0.4, -0.2) is 87.9 Å². The molecule has 3 atom stereocenters. The number of carbonyl (C=O) groups is 8. The Morgan fingerprint density at radius 1 is 0.667 bits per heavy atom. The fraction of sp³-hybridized carbons (Fsp3) is 0.355. The van der Waals surface area contributed by atoms with Crippen LogP contribution in [0.15, 0.2) is 48.5 Å². The molecule has 0 spiro atoms. The molecule has 48 heavy (non-hydrogen) atoms. The van der Waals surface area contributed by atoms with E-state index in [2.05, 4.69) is 28.6 Å². The Kier molecular flexibility index (Phi) is 16.7. The standard InChI is InChI=1S/C31H35N3O11S3/c1-5-43-28(39)23(33-18(3)36)15-47-30(41)21-11-7-9-13-26(21)44-27(38)20-10-6-8-12-25(20)45-29(40)24(34-19(4)37)16-48-31(42)22(14-46)32-17(2)35/h6-13,22-24,46H,5,14-16H2,1-4H3,(H,32,35)(H,33,36)(H,34,37). The zero-order chi connectivity index (χ0) is 35.8. The molecular formula is C31H35N3O11S3. The second kappa shape index (κ2) is 20.1. The predicted molar refractivity (Wildman–Crippen MR) is 181 cm³/mol. The van der Waals surface area contributed by atoms with Crippen LogP contribution in [0, 0.1) is 0 Å². The van der Waals surface area contributed by atoms with Crippen molar-refractivity contribution in [3.05, 3.63) is 59.7 Å². The minimum absolute atomic E-state index is 0.00868. The van der Waals surface area contributed by atoms with Crippen molar-refractivity contribution in [2.75, 3.05) is 23.9 Å². The molecule has 3 amide bonds. The van der Waals surface area contributed by atoms with Crippen LogP contribution in [0.5, 0.6) is 11.5 Å². The first-order valence-corrected chi connectivity index (χ1v) is 16.9. The molecule has 0 aromatic heterocycles. The topological polar surface area (TPSA) is 200 Å². The predicted octanol–water partition coefficient (Wildman–Crippen LogP) is 1.95. The summed E-state index contributed by atoms with van der Waals surface area (Å²) >= 11 is 5.44. The summed E-state index contributed by atoms with van der Waals surface area (Å²) in [4.78, 5) is 99.1. The second-order valence-corrected chi connectivity index (χ2v) is 12.1. The van der Waals surface area contributed by atoms with Gasteiger partial charge in [-0.3, -0.25) is 24.0 Å². The van der Waals surface area contributed by atoms with E-state index in [-0.39, 0.29) is 46.5 Å². The van der Waals surface area contributed by atoms with Gasteiger partial charge in [-0.15, -0.1) is 0 Å². The molecule has 0 aliphatic heterocycles. The van der Waals surface area contributed by atoms with E-state index in [4.69, 9.17) is 14.2 Å². The van der Waals surface area contributed by atoms with Gasteiger partial charge in [0.05, 0.1) is 12.2 Å². The van der Waals surface area contributed by atoms with E-state index in [1.807, 2.05) is 0 Å². The number of benzene rings is 2. The second-order valence-electron chi connectivity index (χ2n) is 9.73. The Hall–Kier alpha value is -4.35. The molecule has 17 heteroatoms. The van der Waals surface area contributed by atoms with Gasteiger partial charge in [0.1, 0.15) is 35.2 Å². The first-order valence-electron chi connectivity index (χ1n) is 14.3. The third kappa shape index (κ3) is 13.0. The summed E-state index contributed by atoms with van der Waals surface area (Å²) in [7, 11) is 0. The summed E-state index contributed by atoms with van der Waals surface area (Å²) in [5.74, 6) is -4.96. The lowest BCUT2D eigenvalue weighted by Crippen LogP contribution is -2.45. The van der Waals surface area contributed by atoms with E-state index in [1.54, 1.807) is 6.92 Å². The fourth-order valence-electron chi connectivity index (χ4n) is 3.78. The van der Waals surface area contributed by atoms with Gasteiger partial charge in [0.2, 0.25) is 28.0 Å². The number of thioether (sulfide) groups is 2. The number of rotatable bonds is 16. The van der Waals surface area contributed by atoms with Gasteiger partial charge >= 0.3 is 17.9 Å². The number of hydrogen-bond donors (Lipinski definition) is 4. The third-order valence-electron chi connectivity index (χ3n) is 5.86. The van der Waals surface area contributed by atoms with Crippen LogP contribution >= 0.6 is 36.2 Å². The molecule has 14 nitrogen and oxygen atoms in total. The van der Waals surface area contributed by atoms with E-state index in [1.165, 1.54) is 69.3 Å². The van der Waals surface area contributed by atoms with Gasteiger partial charge in [0.25, 0.3) is 0 Å². The molecule has 2 aromatic rings. The van der Waals surface area contributed by atoms with Gasteiger partial charge in [-0.05, 0) is 31.2 Å². The average Bonchev–Trinajstić information content (AvgIpc) is 3.03. The Labute approximate surface area is 290 Å². The molecular weight excluding hydrogens is 687 g/mol. The van der Waals surface area contributed by atoms with Gasteiger partial charge in [0.15, 0.2) is 0 Å². The van der Waals surface area contributed by atoms with Crippen molar-refractivity contribution in [2.45, 2.75) is 45.8 Å². The van der Waals surface area contributed by atoms with Crippen LogP contribution in [0.4, 0.5) is 0 Å². The normalized spacial score (nSPS) is 12.4. The van der Waals surface area contributed by atoms with Gasteiger partial charge in [0, 0.05) is 38.0 Å². The van der Waals surface area contributed by atoms with Crippen molar-refractivity contribution in [2.24, 2.45) is 0 Å². The molecule has 2 rings (SSSR count). The van der Waals surface area contributed by atoms with Crippen molar-refractivity contribution in [3.8, 4) is 11.5 Å². The zero-order valence-corrected chi connectivity index (χ0v) is 29.0. The molecule has 0 aliphatic rings. The van der Waals surface area contributed by atoms with E-state index in [9.17, 15) is 38.4 Å². The molecule has 0 fully saturated rings. The van der Waals surface area contributed by atoms with Crippen LogP contribution in [0.2, 0.25) is 0 Å². The van der Waals surface area contributed by atoms with E-state index >= 15 is 0 Å². The molecule has 0 aliphatic carbocycles.